The number of anilines is 1. The number of carbonyl (C=O) groups excluding carboxylic acids is 1. The molecule has 0 bridgehead atoms. The second kappa shape index (κ2) is 10.3. The molecule has 3 aromatic rings. The number of nitrogens with zero attached hydrogens (tertiary/aromatic N) is 2. The average molecular weight is 448 g/mol. The lowest BCUT2D eigenvalue weighted by Crippen LogP contribution is -2.44. The molecule has 0 unspecified atom stereocenters. The summed E-state index contributed by atoms with van der Waals surface area (Å²) < 4.78 is 0. The Morgan fingerprint density at radius 3 is 2.25 bits per heavy atom. The molecule has 0 spiro atoms. The Morgan fingerprint density at radius 2 is 1.62 bits per heavy atom. The van der Waals surface area contributed by atoms with E-state index in [1.807, 2.05) is 20.2 Å². The summed E-state index contributed by atoms with van der Waals surface area (Å²) in [5, 5.41) is 3.26. The first-order valence-electron chi connectivity index (χ1n) is 11.5. The van der Waals surface area contributed by atoms with Gasteiger partial charge in [0.2, 0.25) is 0 Å². The molecule has 0 radical (unpaired) electrons. The van der Waals surface area contributed by atoms with Gasteiger partial charge in [0, 0.05) is 50.3 Å². The molecule has 168 valence electrons. The van der Waals surface area contributed by atoms with E-state index in [0.717, 1.165) is 54.2 Å². The van der Waals surface area contributed by atoms with Gasteiger partial charge in [-0.05, 0) is 60.2 Å². The molecule has 0 saturated carbocycles. The summed E-state index contributed by atoms with van der Waals surface area (Å²) in [6.45, 7) is 5.22. The van der Waals surface area contributed by atoms with E-state index in [4.69, 9.17) is 0 Å². The van der Waals surface area contributed by atoms with Crippen LogP contribution < -0.4 is 10.2 Å². The first-order chi connectivity index (χ1) is 15.5. The minimum atomic E-state index is 0.0553. The van der Waals surface area contributed by atoms with Crippen LogP contribution in [-0.4, -0.2) is 44.0 Å². The predicted octanol–water partition coefficient (Wildman–Crippen LogP) is 5.44. The molecule has 1 saturated heterocycles. The smallest absolute Gasteiger partial charge is 0.261 e. The van der Waals surface area contributed by atoms with Crippen LogP contribution in [0.15, 0.2) is 60.7 Å². The Bertz CT molecular complexity index is 1020. The number of benzene rings is 2. The summed E-state index contributed by atoms with van der Waals surface area (Å²) in [5.74, 6) is 0.0553. The lowest BCUT2D eigenvalue weighted by molar-refractivity contribution is 0.0913. The number of likely N-dealkylation sites (tertiary alicyclic amines) is 1. The van der Waals surface area contributed by atoms with Gasteiger partial charge in [-0.2, -0.15) is 0 Å². The zero-order chi connectivity index (χ0) is 22.5. The molecule has 0 atom stereocenters. The number of hydrogen-bond acceptors (Lipinski definition) is 4. The van der Waals surface area contributed by atoms with Crippen molar-refractivity contribution in [2.75, 3.05) is 32.1 Å². The standard InChI is InChI=1S/C27H33N3OS/c1-4-20-5-7-21(8-6-20)19-30-17-15-23(16-18-30)28-27(31)26-14-13-25(32-26)22-9-11-24(12-10-22)29(2)3/h5-14,23H,4,15-19H2,1-3H3,(H,28,31). The third-order valence-corrected chi connectivity index (χ3v) is 7.39. The molecule has 4 nitrogen and oxygen atoms in total. The van der Waals surface area contributed by atoms with Gasteiger partial charge in [-0.25, -0.2) is 0 Å². The van der Waals surface area contributed by atoms with E-state index < -0.39 is 0 Å². The summed E-state index contributed by atoms with van der Waals surface area (Å²) in [7, 11) is 4.08. The molecule has 1 amide bonds. The molecule has 1 N–H and O–H groups in total. The molecule has 1 aliphatic heterocycles. The SMILES string of the molecule is CCc1ccc(CN2CCC(NC(=O)c3ccc(-c4ccc(N(C)C)cc4)s3)CC2)cc1. The molecule has 1 fully saturated rings. The van der Waals surface area contributed by atoms with Crippen LogP contribution in [0.2, 0.25) is 0 Å². The number of nitrogens with one attached hydrogen (secondary N) is 1. The van der Waals surface area contributed by atoms with E-state index in [1.54, 1.807) is 11.3 Å². The molecule has 2 heterocycles. The van der Waals surface area contributed by atoms with Crippen LogP contribution in [0, 0.1) is 0 Å². The van der Waals surface area contributed by atoms with Gasteiger partial charge in [-0.3, -0.25) is 9.69 Å². The van der Waals surface area contributed by atoms with Crippen molar-refractivity contribution in [3.8, 4) is 10.4 Å². The monoisotopic (exact) mass is 447 g/mol. The van der Waals surface area contributed by atoms with Crippen molar-refractivity contribution < 1.29 is 4.79 Å². The van der Waals surface area contributed by atoms with E-state index in [-0.39, 0.29) is 11.9 Å². The number of rotatable bonds is 7. The number of amides is 1. The van der Waals surface area contributed by atoms with E-state index in [0.29, 0.717) is 0 Å². The number of aryl methyl sites for hydroxylation is 1. The summed E-state index contributed by atoms with van der Waals surface area (Å²) in [4.78, 5) is 19.3. The summed E-state index contributed by atoms with van der Waals surface area (Å²) in [5.41, 5.74) is 5.08. The molecule has 1 aromatic heterocycles. The van der Waals surface area contributed by atoms with Crippen LogP contribution in [0.1, 0.15) is 40.6 Å². The Kier molecular flexibility index (Phi) is 7.28. The molecule has 4 rings (SSSR count). The molecule has 2 aromatic carbocycles. The van der Waals surface area contributed by atoms with Gasteiger partial charge < -0.3 is 10.2 Å². The predicted molar refractivity (Wildman–Crippen MR) is 136 cm³/mol. The van der Waals surface area contributed by atoms with Crippen molar-refractivity contribution in [2.24, 2.45) is 0 Å². The fourth-order valence-corrected chi connectivity index (χ4v) is 5.08. The molecule has 5 heteroatoms. The average Bonchev–Trinajstić information content (AvgIpc) is 3.31. The summed E-state index contributed by atoms with van der Waals surface area (Å²) >= 11 is 1.57. The zero-order valence-corrected chi connectivity index (χ0v) is 20.1. The van der Waals surface area contributed by atoms with E-state index in [1.165, 1.54) is 16.8 Å². The largest absolute Gasteiger partial charge is 0.378 e. The fraction of sp³-hybridized carbons (Fsp3) is 0.370. The second-order valence-corrected chi connectivity index (χ2v) is 9.88. The topological polar surface area (TPSA) is 35.6 Å². The summed E-state index contributed by atoms with van der Waals surface area (Å²) in [6, 6.07) is 21.7. The number of thiophene rings is 1. The number of piperidine rings is 1. The first-order valence-corrected chi connectivity index (χ1v) is 12.3. The van der Waals surface area contributed by atoms with E-state index in [9.17, 15) is 4.79 Å². The van der Waals surface area contributed by atoms with Gasteiger partial charge in [0.1, 0.15) is 0 Å². The molecular formula is C27H33N3OS. The van der Waals surface area contributed by atoms with Crippen LogP contribution >= 0.6 is 11.3 Å². The van der Waals surface area contributed by atoms with Crippen LogP contribution in [0.25, 0.3) is 10.4 Å². The number of carbonyl (C=O) groups is 1. The maximum absolute atomic E-state index is 12.8. The lowest BCUT2D eigenvalue weighted by Gasteiger charge is -2.32. The third-order valence-electron chi connectivity index (χ3n) is 6.26. The summed E-state index contributed by atoms with van der Waals surface area (Å²) in [6.07, 6.45) is 3.09. The minimum absolute atomic E-state index is 0.0553. The Hall–Kier alpha value is -2.63. The van der Waals surface area contributed by atoms with Crippen molar-refractivity contribution in [3.05, 3.63) is 76.7 Å². The Morgan fingerprint density at radius 1 is 0.969 bits per heavy atom. The van der Waals surface area contributed by atoms with Crippen molar-refractivity contribution in [1.29, 1.82) is 0 Å². The van der Waals surface area contributed by atoms with Crippen molar-refractivity contribution in [2.45, 2.75) is 38.8 Å². The Balaban J connectivity index is 1.27. The molecule has 1 aliphatic rings. The van der Waals surface area contributed by atoms with Gasteiger partial charge in [0.05, 0.1) is 4.88 Å². The van der Waals surface area contributed by atoms with Gasteiger partial charge in [0.25, 0.3) is 5.91 Å². The van der Waals surface area contributed by atoms with Gasteiger partial charge >= 0.3 is 0 Å². The van der Waals surface area contributed by atoms with Gasteiger partial charge in [-0.15, -0.1) is 11.3 Å². The molecule has 0 aliphatic carbocycles. The molecule has 32 heavy (non-hydrogen) atoms. The maximum Gasteiger partial charge on any atom is 0.261 e. The normalized spacial score (nSPS) is 15.0. The van der Waals surface area contributed by atoms with Crippen LogP contribution in [-0.2, 0) is 13.0 Å². The van der Waals surface area contributed by atoms with Crippen molar-refractivity contribution in [3.63, 3.8) is 0 Å². The highest BCUT2D eigenvalue weighted by molar-refractivity contribution is 7.17. The van der Waals surface area contributed by atoms with Crippen molar-refractivity contribution in [1.82, 2.24) is 10.2 Å². The molecular weight excluding hydrogens is 414 g/mol. The quantitative estimate of drug-likeness (QED) is 0.524. The first kappa shape index (κ1) is 22.6. The minimum Gasteiger partial charge on any atom is -0.378 e. The van der Waals surface area contributed by atoms with E-state index >= 15 is 0 Å². The highest BCUT2D eigenvalue weighted by Crippen LogP contribution is 2.29. The second-order valence-electron chi connectivity index (χ2n) is 8.80. The lowest BCUT2D eigenvalue weighted by atomic mass is 10.0. The fourth-order valence-electron chi connectivity index (χ4n) is 4.17. The van der Waals surface area contributed by atoms with Crippen LogP contribution in [0.4, 0.5) is 5.69 Å². The third kappa shape index (κ3) is 5.59. The van der Waals surface area contributed by atoms with Crippen LogP contribution in [0.5, 0.6) is 0 Å². The highest BCUT2D eigenvalue weighted by Gasteiger charge is 2.22. The Labute approximate surface area is 195 Å². The maximum atomic E-state index is 12.8. The van der Waals surface area contributed by atoms with Gasteiger partial charge in [0.15, 0.2) is 0 Å². The highest BCUT2D eigenvalue weighted by atomic mass is 32.1. The number of hydrogen-bond donors (Lipinski definition) is 1. The van der Waals surface area contributed by atoms with Crippen LogP contribution in [0.3, 0.4) is 0 Å². The zero-order valence-electron chi connectivity index (χ0n) is 19.3. The van der Waals surface area contributed by atoms with E-state index in [2.05, 4.69) is 76.6 Å². The van der Waals surface area contributed by atoms with Gasteiger partial charge in [-0.1, -0.05) is 43.3 Å². The van der Waals surface area contributed by atoms with Crippen molar-refractivity contribution >= 4 is 22.9 Å².